The summed E-state index contributed by atoms with van der Waals surface area (Å²) < 4.78 is 0. The van der Waals surface area contributed by atoms with Crippen molar-refractivity contribution < 1.29 is 0 Å². The monoisotopic (exact) mass is 208 g/mol. The van der Waals surface area contributed by atoms with Crippen LogP contribution in [0.25, 0.3) is 0 Å². The van der Waals surface area contributed by atoms with E-state index in [1.54, 1.807) is 6.07 Å². The maximum Gasteiger partial charge on any atom is 0.132 e. The third-order valence-electron chi connectivity index (χ3n) is 2.19. The summed E-state index contributed by atoms with van der Waals surface area (Å²) in [6.07, 6.45) is 4.46. The van der Waals surface area contributed by atoms with Gasteiger partial charge in [0.2, 0.25) is 0 Å². The SMILES string of the molecule is CCCCCNc1cc(N)nc(CC)n1. The minimum atomic E-state index is 0.542. The molecule has 4 heteroatoms. The third-order valence-corrected chi connectivity index (χ3v) is 2.19. The Balaban J connectivity index is 2.49. The second kappa shape index (κ2) is 6.22. The van der Waals surface area contributed by atoms with Gasteiger partial charge in [-0.05, 0) is 6.42 Å². The molecule has 1 rings (SSSR count). The van der Waals surface area contributed by atoms with Crippen molar-refractivity contribution in [2.75, 3.05) is 17.6 Å². The zero-order chi connectivity index (χ0) is 11.1. The van der Waals surface area contributed by atoms with Gasteiger partial charge in [-0.25, -0.2) is 9.97 Å². The number of unbranched alkanes of at least 4 members (excludes halogenated alkanes) is 2. The number of hydrogen-bond acceptors (Lipinski definition) is 4. The summed E-state index contributed by atoms with van der Waals surface area (Å²) in [5.41, 5.74) is 5.67. The Morgan fingerprint density at radius 1 is 1.27 bits per heavy atom. The molecule has 3 N–H and O–H groups in total. The second-order valence-corrected chi connectivity index (χ2v) is 3.58. The summed E-state index contributed by atoms with van der Waals surface area (Å²) in [6, 6.07) is 1.78. The quantitative estimate of drug-likeness (QED) is 0.704. The summed E-state index contributed by atoms with van der Waals surface area (Å²) in [4.78, 5) is 8.47. The van der Waals surface area contributed by atoms with Gasteiger partial charge in [0.1, 0.15) is 17.5 Å². The number of rotatable bonds is 6. The van der Waals surface area contributed by atoms with E-state index in [4.69, 9.17) is 5.73 Å². The van der Waals surface area contributed by atoms with E-state index in [-0.39, 0.29) is 0 Å². The van der Waals surface area contributed by atoms with E-state index in [9.17, 15) is 0 Å². The molecule has 0 amide bonds. The molecule has 0 radical (unpaired) electrons. The summed E-state index contributed by atoms with van der Waals surface area (Å²) in [5, 5.41) is 3.26. The molecule has 0 atom stereocenters. The molecule has 0 aliphatic carbocycles. The maximum absolute atomic E-state index is 5.67. The topological polar surface area (TPSA) is 63.8 Å². The molecule has 0 aliphatic rings. The van der Waals surface area contributed by atoms with Crippen LogP contribution < -0.4 is 11.1 Å². The summed E-state index contributed by atoms with van der Waals surface area (Å²) in [6.45, 7) is 5.17. The van der Waals surface area contributed by atoms with E-state index < -0.39 is 0 Å². The van der Waals surface area contributed by atoms with Gasteiger partial charge in [-0.3, -0.25) is 0 Å². The van der Waals surface area contributed by atoms with Crippen LogP contribution >= 0.6 is 0 Å². The van der Waals surface area contributed by atoms with Crippen LogP contribution in [0.15, 0.2) is 6.07 Å². The number of nitrogens with zero attached hydrogens (tertiary/aromatic N) is 2. The van der Waals surface area contributed by atoms with Crippen LogP contribution in [-0.4, -0.2) is 16.5 Å². The molecule has 4 nitrogen and oxygen atoms in total. The molecule has 0 saturated heterocycles. The van der Waals surface area contributed by atoms with Crippen molar-refractivity contribution >= 4 is 11.6 Å². The predicted octanol–water partition coefficient (Wildman–Crippen LogP) is 2.22. The number of nitrogens with two attached hydrogens (primary N) is 1. The van der Waals surface area contributed by atoms with Crippen molar-refractivity contribution in [3.8, 4) is 0 Å². The Hall–Kier alpha value is -1.32. The first-order valence-corrected chi connectivity index (χ1v) is 5.63. The molecule has 1 aromatic heterocycles. The van der Waals surface area contributed by atoms with Crippen molar-refractivity contribution in [1.29, 1.82) is 0 Å². The molecule has 0 spiro atoms. The zero-order valence-corrected chi connectivity index (χ0v) is 9.58. The first-order chi connectivity index (χ1) is 7.26. The van der Waals surface area contributed by atoms with Gasteiger partial charge in [0.05, 0.1) is 0 Å². The molecule has 0 unspecified atom stereocenters. The molecule has 0 bridgehead atoms. The lowest BCUT2D eigenvalue weighted by atomic mass is 10.2. The fourth-order valence-corrected chi connectivity index (χ4v) is 1.36. The van der Waals surface area contributed by atoms with E-state index in [0.29, 0.717) is 5.82 Å². The van der Waals surface area contributed by atoms with Gasteiger partial charge in [0, 0.05) is 19.0 Å². The summed E-state index contributed by atoms with van der Waals surface area (Å²) in [5.74, 6) is 2.18. The highest BCUT2D eigenvalue weighted by molar-refractivity contribution is 5.44. The van der Waals surface area contributed by atoms with Crippen LogP contribution in [0.2, 0.25) is 0 Å². The molecule has 0 aliphatic heterocycles. The Bertz CT molecular complexity index is 299. The van der Waals surface area contributed by atoms with Gasteiger partial charge in [-0.15, -0.1) is 0 Å². The number of hydrogen-bond donors (Lipinski definition) is 2. The largest absolute Gasteiger partial charge is 0.384 e. The lowest BCUT2D eigenvalue weighted by Crippen LogP contribution is -2.07. The smallest absolute Gasteiger partial charge is 0.132 e. The minimum absolute atomic E-state index is 0.542. The van der Waals surface area contributed by atoms with Crippen molar-refractivity contribution in [1.82, 2.24) is 9.97 Å². The van der Waals surface area contributed by atoms with Crippen molar-refractivity contribution in [3.05, 3.63) is 11.9 Å². The third kappa shape index (κ3) is 4.14. The number of aromatic nitrogens is 2. The average molecular weight is 208 g/mol. The van der Waals surface area contributed by atoms with Gasteiger partial charge >= 0.3 is 0 Å². The number of nitrogen functional groups attached to an aromatic ring is 1. The molecule has 15 heavy (non-hydrogen) atoms. The van der Waals surface area contributed by atoms with Crippen molar-refractivity contribution in [2.24, 2.45) is 0 Å². The van der Waals surface area contributed by atoms with Gasteiger partial charge < -0.3 is 11.1 Å². The Kier molecular flexibility index (Phi) is 4.87. The van der Waals surface area contributed by atoms with Gasteiger partial charge in [0.15, 0.2) is 0 Å². The molecule has 1 heterocycles. The zero-order valence-electron chi connectivity index (χ0n) is 9.58. The predicted molar refractivity (Wildman–Crippen MR) is 63.8 cm³/mol. The van der Waals surface area contributed by atoms with Crippen LogP contribution in [0, 0.1) is 0 Å². The molecular weight excluding hydrogens is 188 g/mol. The van der Waals surface area contributed by atoms with Gasteiger partial charge in [0.25, 0.3) is 0 Å². The lowest BCUT2D eigenvalue weighted by Gasteiger charge is -2.07. The normalized spacial score (nSPS) is 10.3. The maximum atomic E-state index is 5.67. The van der Waals surface area contributed by atoms with Crippen molar-refractivity contribution in [3.63, 3.8) is 0 Å². The first kappa shape index (κ1) is 11.8. The summed E-state index contributed by atoms with van der Waals surface area (Å²) in [7, 11) is 0. The molecule has 1 aromatic rings. The standard InChI is InChI=1S/C11H20N4/c1-3-5-6-7-13-11-8-9(12)14-10(4-2)15-11/h8H,3-7H2,1-2H3,(H3,12,13,14,15). The lowest BCUT2D eigenvalue weighted by molar-refractivity contribution is 0.741. The fraction of sp³-hybridized carbons (Fsp3) is 0.636. The fourth-order valence-electron chi connectivity index (χ4n) is 1.36. The minimum Gasteiger partial charge on any atom is -0.384 e. The van der Waals surface area contributed by atoms with Crippen molar-refractivity contribution in [2.45, 2.75) is 39.5 Å². The average Bonchev–Trinajstić information content (AvgIpc) is 2.23. The van der Waals surface area contributed by atoms with Gasteiger partial charge in [-0.1, -0.05) is 26.7 Å². The van der Waals surface area contributed by atoms with E-state index in [1.807, 2.05) is 6.92 Å². The number of nitrogens with one attached hydrogen (secondary N) is 1. The highest BCUT2D eigenvalue weighted by atomic mass is 15.0. The van der Waals surface area contributed by atoms with E-state index >= 15 is 0 Å². The Morgan fingerprint density at radius 2 is 2.07 bits per heavy atom. The number of anilines is 2. The van der Waals surface area contributed by atoms with E-state index in [0.717, 1.165) is 24.6 Å². The van der Waals surface area contributed by atoms with Crippen LogP contribution in [0.3, 0.4) is 0 Å². The Morgan fingerprint density at radius 3 is 2.73 bits per heavy atom. The second-order valence-electron chi connectivity index (χ2n) is 3.58. The number of aryl methyl sites for hydroxylation is 1. The van der Waals surface area contributed by atoms with Crippen LogP contribution in [0.5, 0.6) is 0 Å². The van der Waals surface area contributed by atoms with Gasteiger partial charge in [-0.2, -0.15) is 0 Å². The molecule has 84 valence electrons. The van der Waals surface area contributed by atoms with E-state index in [1.165, 1.54) is 19.3 Å². The molecule has 0 aromatic carbocycles. The highest BCUT2D eigenvalue weighted by Gasteiger charge is 1.99. The van der Waals surface area contributed by atoms with Crippen LogP contribution in [-0.2, 0) is 6.42 Å². The molecule has 0 saturated carbocycles. The summed E-state index contributed by atoms with van der Waals surface area (Å²) >= 11 is 0. The first-order valence-electron chi connectivity index (χ1n) is 5.63. The van der Waals surface area contributed by atoms with Crippen LogP contribution in [0.1, 0.15) is 38.9 Å². The highest BCUT2D eigenvalue weighted by Crippen LogP contribution is 2.09. The molecular formula is C11H20N4. The molecule has 0 fully saturated rings. The van der Waals surface area contributed by atoms with E-state index in [2.05, 4.69) is 22.2 Å². The van der Waals surface area contributed by atoms with Crippen LogP contribution in [0.4, 0.5) is 11.6 Å². The Labute approximate surface area is 91.3 Å².